The van der Waals surface area contributed by atoms with Crippen LogP contribution in [0.5, 0.6) is 0 Å². The monoisotopic (exact) mass is 440 g/mol. The maximum absolute atomic E-state index is 12.7. The first-order valence-electron chi connectivity index (χ1n) is 7.68. The lowest BCUT2D eigenvalue weighted by atomic mass is 10.2. The van der Waals surface area contributed by atoms with Gasteiger partial charge in [-0.3, -0.25) is 29.7 Å². The number of nitrogens with zero attached hydrogens (tertiary/aromatic N) is 3. The van der Waals surface area contributed by atoms with E-state index in [0.717, 1.165) is 15.6 Å². The number of halogens is 3. The molecule has 1 N–H and O–H groups in total. The highest BCUT2D eigenvalue weighted by Gasteiger charge is 2.20. The Labute approximate surface area is 173 Å². The number of aromatic nitrogens is 2. The van der Waals surface area contributed by atoms with Crippen LogP contribution in [-0.4, -0.2) is 27.7 Å². The summed E-state index contributed by atoms with van der Waals surface area (Å²) in [5.41, 5.74) is -0.460. The lowest BCUT2D eigenvalue weighted by molar-refractivity contribution is -0.384. The average Bonchev–Trinajstić information content (AvgIpc) is 3.01. The standard InChI is InChI=1S/C17H11Cl3N4O4/c1-22(17(26)9-3-2-4-11(5-9)24(27)28)14-8-15(25)23(21-14)16-12(19)6-10(18)7-13(16)20/h2-8,21H,1H3. The van der Waals surface area contributed by atoms with Crippen molar-refractivity contribution in [3.8, 4) is 5.69 Å². The summed E-state index contributed by atoms with van der Waals surface area (Å²) in [5.74, 6) is -0.408. The van der Waals surface area contributed by atoms with Crippen LogP contribution in [0.4, 0.5) is 11.5 Å². The minimum Gasteiger partial charge on any atom is -0.296 e. The van der Waals surface area contributed by atoms with Gasteiger partial charge in [-0.2, -0.15) is 0 Å². The molecule has 0 saturated heterocycles. The van der Waals surface area contributed by atoms with E-state index in [1.165, 1.54) is 43.4 Å². The van der Waals surface area contributed by atoms with Gasteiger partial charge in [-0.15, -0.1) is 0 Å². The second-order valence-electron chi connectivity index (χ2n) is 5.70. The van der Waals surface area contributed by atoms with Crippen molar-refractivity contribution in [1.29, 1.82) is 0 Å². The Bertz CT molecular complexity index is 1130. The molecule has 0 aliphatic carbocycles. The summed E-state index contributed by atoms with van der Waals surface area (Å²) in [7, 11) is 1.42. The first-order valence-corrected chi connectivity index (χ1v) is 8.82. The SMILES string of the molecule is CN(C(=O)c1cccc([N+](=O)[O-])c1)c1cc(=O)n(-c2c(Cl)cc(Cl)cc2Cl)[nH]1. The minimum absolute atomic E-state index is 0.0906. The number of hydrogen-bond donors (Lipinski definition) is 1. The van der Waals surface area contributed by atoms with E-state index in [1.807, 2.05) is 0 Å². The normalized spacial score (nSPS) is 10.7. The van der Waals surface area contributed by atoms with E-state index in [4.69, 9.17) is 34.8 Å². The van der Waals surface area contributed by atoms with Gasteiger partial charge in [-0.25, -0.2) is 4.68 Å². The summed E-state index contributed by atoms with van der Waals surface area (Å²) in [6.07, 6.45) is 0. The van der Waals surface area contributed by atoms with E-state index in [1.54, 1.807) is 0 Å². The molecule has 3 rings (SSSR count). The van der Waals surface area contributed by atoms with Gasteiger partial charge in [-0.1, -0.05) is 40.9 Å². The molecule has 3 aromatic rings. The zero-order valence-corrected chi connectivity index (χ0v) is 16.4. The van der Waals surface area contributed by atoms with E-state index in [-0.39, 0.29) is 32.8 Å². The van der Waals surface area contributed by atoms with Gasteiger partial charge < -0.3 is 0 Å². The number of nitro groups is 1. The highest BCUT2D eigenvalue weighted by atomic mass is 35.5. The zero-order chi connectivity index (χ0) is 20.6. The van der Waals surface area contributed by atoms with Gasteiger partial charge in [-0.05, 0) is 18.2 Å². The van der Waals surface area contributed by atoms with Gasteiger partial charge in [0.1, 0.15) is 11.5 Å². The van der Waals surface area contributed by atoms with Crippen molar-refractivity contribution in [2.24, 2.45) is 0 Å². The second-order valence-corrected chi connectivity index (χ2v) is 6.96. The lowest BCUT2D eigenvalue weighted by Gasteiger charge is -2.15. The third-order valence-electron chi connectivity index (χ3n) is 3.88. The number of non-ortho nitro benzene ring substituents is 1. The Morgan fingerprint density at radius 2 is 1.79 bits per heavy atom. The Kier molecular flexibility index (Phi) is 5.46. The Hall–Kier alpha value is -2.81. The van der Waals surface area contributed by atoms with Crippen molar-refractivity contribution < 1.29 is 9.72 Å². The van der Waals surface area contributed by atoms with Crippen molar-refractivity contribution >= 4 is 52.2 Å². The molecular weight excluding hydrogens is 431 g/mol. The van der Waals surface area contributed by atoms with E-state index in [2.05, 4.69) is 5.10 Å². The number of hydrogen-bond acceptors (Lipinski definition) is 4. The molecule has 2 aromatic carbocycles. The molecule has 144 valence electrons. The fraction of sp³-hybridized carbons (Fsp3) is 0.0588. The summed E-state index contributed by atoms with van der Waals surface area (Å²) in [6.45, 7) is 0. The topological polar surface area (TPSA) is 101 Å². The Morgan fingerprint density at radius 3 is 2.39 bits per heavy atom. The quantitative estimate of drug-likeness (QED) is 0.481. The summed E-state index contributed by atoms with van der Waals surface area (Å²) in [4.78, 5) is 36.5. The average molecular weight is 442 g/mol. The summed E-state index contributed by atoms with van der Waals surface area (Å²) < 4.78 is 1.08. The fourth-order valence-electron chi connectivity index (χ4n) is 2.53. The maximum atomic E-state index is 12.7. The highest BCUT2D eigenvalue weighted by molar-refractivity contribution is 6.40. The van der Waals surface area contributed by atoms with Crippen LogP contribution in [-0.2, 0) is 0 Å². The third kappa shape index (κ3) is 3.75. The summed E-state index contributed by atoms with van der Waals surface area (Å²) in [6, 6.07) is 9.30. The zero-order valence-electron chi connectivity index (χ0n) is 14.1. The van der Waals surface area contributed by atoms with Gasteiger partial charge in [0.25, 0.3) is 17.2 Å². The van der Waals surface area contributed by atoms with Crippen molar-refractivity contribution in [3.05, 3.63) is 83.6 Å². The van der Waals surface area contributed by atoms with Gasteiger partial charge >= 0.3 is 0 Å². The molecule has 1 amide bonds. The molecule has 1 heterocycles. The van der Waals surface area contributed by atoms with Crippen LogP contribution in [0.1, 0.15) is 10.4 Å². The van der Waals surface area contributed by atoms with Gasteiger partial charge in [0.15, 0.2) is 0 Å². The fourth-order valence-corrected chi connectivity index (χ4v) is 3.51. The lowest BCUT2D eigenvalue weighted by Crippen LogP contribution is -2.26. The number of rotatable bonds is 4. The molecule has 0 spiro atoms. The first-order chi connectivity index (χ1) is 13.2. The van der Waals surface area contributed by atoms with Gasteiger partial charge in [0.05, 0.1) is 15.0 Å². The second kappa shape index (κ2) is 7.67. The van der Waals surface area contributed by atoms with Crippen LogP contribution in [0.15, 0.2) is 47.3 Å². The van der Waals surface area contributed by atoms with Crippen LogP contribution < -0.4 is 10.5 Å². The Balaban J connectivity index is 1.99. The summed E-state index contributed by atoms with van der Waals surface area (Å²) >= 11 is 18.2. The van der Waals surface area contributed by atoms with E-state index >= 15 is 0 Å². The number of carbonyl (C=O) groups excluding carboxylic acids is 1. The van der Waals surface area contributed by atoms with Crippen LogP contribution in [0.3, 0.4) is 0 Å². The maximum Gasteiger partial charge on any atom is 0.273 e. The molecule has 0 aliphatic heterocycles. The van der Waals surface area contributed by atoms with Gasteiger partial charge in [0.2, 0.25) is 0 Å². The number of nitrogens with one attached hydrogen (secondary N) is 1. The molecule has 1 aromatic heterocycles. The first kappa shape index (κ1) is 19.9. The predicted octanol–water partition coefficient (Wildman–Crippen LogP) is 4.31. The largest absolute Gasteiger partial charge is 0.296 e. The van der Waals surface area contributed by atoms with Crippen LogP contribution in [0, 0.1) is 10.1 Å². The molecule has 28 heavy (non-hydrogen) atoms. The number of anilines is 1. The van der Waals surface area contributed by atoms with Crippen molar-refractivity contribution in [2.45, 2.75) is 0 Å². The molecule has 0 atom stereocenters. The Morgan fingerprint density at radius 1 is 1.14 bits per heavy atom. The van der Waals surface area contributed by atoms with E-state index in [0.29, 0.717) is 5.02 Å². The molecule has 8 nitrogen and oxygen atoms in total. The van der Waals surface area contributed by atoms with E-state index in [9.17, 15) is 19.7 Å². The summed E-state index contributed by atoms with van der Waals surface area (Å²) in [5, 5.41) is 14.2. The molecule has 0 radical (unpaired) electrons. The number of carbonyl (C=O) groups is 1. The van der Waals surface area contributed by atoms with Crippen molar-refractivity contribution in [1.82, 2.24) is 9.78 Å². The number of nitro benzene ring substituents is 1. The minimum atomic E-state index is -0.598. The van der Waals surface area contributed by atoms with E-state index < -0.39 is 16.4 Å². The predicted molar refractivity (Wildman–Crippen MR) is 107 cm³/mol. The van der Waals surface area contributed by atoms with Crippen LogP contribution in [0.25, 0.3) is 5.69 Å². The number of benzene rings is 2. The highest BCUT2D eigenvalue weighted by Crippen LogP contribution is 2.31. The number of amides is 1. The van der Waals surface area contributed by atoms with Gasteiger partial charge in [0, 0.05) is 35.8 Å². The molecule has 11 heteroatoms. The van der Waals surface area contributed by atoms with Crippen molar-refractivity contribution in [2.75, 3.05) is 11.9 Å². The smallest absolute Gasteiger partial charge is 0.273 e. The van der Waals surface area contributed by atoms with Crippen molar-refractivity contribution in [3.63, 3.8) is 0 Å². The number of aromatic amines is 1. The van der Waals surface area contributed by atoms with Crippen LogP contribution in [0.2, 0.25) is 15.1 Å². The van der Waals surface area contributed by atoms with Crippen LogP contribution >= 0.6 is 34.8 Å². The third-order valence-corrected chi connectivity index (χ3v) is 4.68. The molecule has 0 unspecified atom stereocenters. The molecular formula is C17H11Cl3N4O4. The molecule has 0 aliphatic rings. The number of H-pyrrole nitrogens is 1. The molecule has 0 bridgehead atoms. The molecule has 0 saturated carbocycles. The molecule has 0 fully saturated rings.